The second kappa shape index (κ2) is 15.5. The Hall–Kier alpha value is -2.59. The predicted molar refractivity (Wildman–Crippen MR) is 102 cm³/mol. The monoisotopic (exact) mass is 420 g/mol. The summed E-state index contributed by atoms with van der Waals surface area (Å²) in [5.41, 5.74) is 2.92. The molecular formula is C18H23ClF2N2O5. The van der Waals surface area contributed by atoms with Gasteiger partial charge in [0.15, 0.2) is 0 Å². The Morgan fingerprint density at radius 3 is 1.57 bits per heavy atom. The average molecular weight is 421 g/mol. The molecule has 0 aliphatic carbocycles. The molecule has 0 radical (unpaired) electrons. The van der Waals surface area contributed by atoms with Gasteiger partial charge in [-0.15, -0.1) is 12.4 Å². The minimum atomic E-state index is -1.04. The van der Waals surface area contributed by atoms with Crippen molar-refractivity contribution in [3.05, 3.63) is 71.3 Å². The summed E-state index contributed by atoms with van der Waals surface area (Å²) >= 11 is 0. The first-order valence-corrected chi connectivity index (χ1v) is 7.53. The van der Waals surface area contributed by atoms with Crippen molar-refractivity contribution in [2.75, 3.05) is 28.3 Å². The van der Waals surface area contributed by atoms with Crippen LogP contribution in [0.2, 0.25) is 0 Å². The van der Waals surface area contributed by atoms with Crippen molar-refractivity contribution in [1.29, 1.82) is 0 Å². The molecule has 156 valence electrons. The Balaban J connectivity index is 0. The molecule has 28 heavy (non-hydrogen) atoms. The molecule has 0 saturated heterocycles. The van der Waals surface area contributed by atoms with Crippen LogP contribution >= 0.6 is 12.4 Å². The van der Waals surface area contributed by atoms with Crippen LogP contribution < -0.4 is 5.48 Å². The van der Waals surface area contributed by atoms with Crippen LogP contribution in [-0.4, -0.2) is 50.4 Å². The Morgan fingerprint density at radius 2 is 1.29 bits per heavy atom. The Bertz CT molecular complexity index is 698. The van der Waals surface area contributed by atoms with Crippen LogP contribution in [-0.2, 0) is 9.68 Å². The number of nitrogens with zero attached hydrogens (tertiary/aromatic N) is 1. The summed E-state index contributed by atoms with van der Waals surface area (Å²) in [6, 6.07) is 9.95. The van der Waals surface area contributed by atoms with Crippen LogP contribution in [0.4, 0.5) is 8.78 Å². The van der Waals surface area contributed by atoms with Gasteiger partial charge in [-0.3, -0.25) is 9.63 Å². The molecule has 0 aliphatic rings. The summed E-state index contributed by atoms with van der Waals surface area (Å²) in [6.45, 7) is 0. The van der Waals surface area contributed by atoms with E-state index in [4.69, 9.17) is 5.11 Å². The highest BCUT2D eigenvalue weighted by Gasteiger charge is 2.10. The number of hydroxylamine groups is 3. The number of carboxylic acid groups (broad SMARTS) is 1. The van der Waals surface area contributed by atoms with Crippen molar-refractivity contribution in [2.45, 2.75) is 0 Å². The third-order valence-electron chi connectivity index (χ3n) is 2.95. The molecule has 2 rings (SSSR count). The molecule has 0 saturated carbocycles. The summed E-state index contributed by atoms with van der Waals surface area (Å²) in [5.74, 6) is -2.14. The van der Waals surface area contributed by atoms with Crippen molar-refractivity contribution in [2.24, 2.45) is 0 Å². The van der Waals surface area contributed by atoms with E-state index in [0.717, 1.165) is 17.2 Å². The van der Waals surface area contributed by atoms with Crippen molar-refractivity contribution >= 4 is 24.3 Å². The highest BCUT2D eigenvalue weighted by molar-refractivity contribution is 5.93. The van der Waals surface area contributed by atoms with Gasteiger partial charge in [0.25, 0.3) is 5.91 Å². The second-order valence-corrected chi connectivity index (χ2v) is 4.71. The minimum absolute atomic E-state index is 0. The van der Waals surface area contributed by atoms with E-state index in [-0.39, 0.29) is 29.7 Å². The van der Waals surface area contributed by atoms with Gasteiger partial charge in [-0.05, 0) is 48.5 Å². The van der Waals surface area contributed by atoms with Gasteiger partial charge in [0.2, 0.25) is 0 Å². The largest absolute Gasteiger partial charge is 0.478 e. The quantitative estimate of drug-likeness (QED) is 0.739. The van der Waals surface area contributed by atoms with E-state index in [1.54, 1.807) is 14.2 Å². The molecule has 1 amide bonds. The van der Waals surface area contributed by atoms with Gasteiger partial charge >= 0.3 is 5.97 Å². The lowest BCUT2D eigenvalue weighted by molar-refractivity contribution is -0.0757. The maximum Gasteiger partial charge on any atom is 0.335 e. The summed E-state index contributed by atoms with van der Waals surface area (Å²) in [7, 11) is 6.16. The van der Waals surface area contributed by atoms with Gasteiger partial charge in [0.1, 0.15) is 11.6 Å². The molecule has 2 aromatic rings. The fourth-order valence-corrected chi connectivity index (χ4v) is 1.45. The van der Waals surface area contributed by atoms with Gasteiger partial charge in [-0.1, -0.05) is 0 Å². The van der Waals surface area contributed by atoms with Crippen LogP contribution in [0.1, 0.15) is 20.7 Å². The fourth-order valence-electron chi connectivity index (χ4n) is 1.45. The van der Waals surface area contributed by atoms with Crippen LogP contribution in [0, 0.1) is 11.6 Å². The number of hydrogen-bond acceptors (Lipinski definition) is 5. The average Bonchev–Trinajstić information content (AvgIpc) is 2.68. The molecule has 2 aromatic carbocycles. The number of carbonyl (C=O) groups excluding carboxylic acids is 1. The predicted octanol–water partition coefficient (Wildman–Crippen LogP) is 3.17. The van der Waals surface area contributed by atoms with E-state index in [9.17, 15) is 18.4 Å². The van der Waals surface area contributed by atoms with Crippen molar-refractivity contribution in [3.8, 4) is 0 Å². The zero-order valence-electron chi connectivity index (χ0n) is 15.8. The van der Waals surface area contributed by atoms with Gasteiger partial charge in [0.05, 0.1) is 19.8 Å². The molecular weight excluding hydrogens is 398 g/mol. The molecule has 0 bridgehead atoms. The highest BCUT2D eigenvalue weighted by Crippen LogP contribution is 2.05. The second-order valence-electron chi connectivity index (χ2n) is 4.71. The number of nitrogens with one attached hydrogen (secondary N) is 1. The first kappa shape index (κ1) is 27.6. The van der Waals surface area contributed by atoms with E-state index in [0.29, 0.717) is 5.56 Å². The maximum atomic E-state index is 12.5. The van der Waals surface area contributed by atoms with E-state index < -0.39 is 11.8 Å². The Morgan fingerprint density at radius 1 is 0.929 bits per heavy atom. The molecule has 0 aromatic heterocycles. The van der Waals surface area contributed by atoms with Crippen molar-refractivity contribution in [3.63, 3.8) is 0 Å². The van der Waals surface area contributed by atoms with E-state index >= 15 is 0 Å². The summed E-state index contributed by atoms with van der Waals surface area (Å²) in [4.78, 5) is 30.5. The summed E-state index contributed by atoms with van der Waals surface area (Å²) < 4.78 is 24.6. The maximum absolute atomic E-state index is 12.5. The molecule has 10 heteroatoms. The number of carboxylic acids is 1. The number of rotatable bonds is 4. The molecule has 0 fully saturated rings. The first-order valence-electron chi connectivity index (χ1n) is 7.53. The molecule has 0 atom stereocenters. The number of benzene rings is 2. The van der Waals surface area contributed by atoms with Gasteiger partial charge in [0, 0.05) is 19.7 Å². The highest BCUT2D eigenvalue weighted by atomic mass is 35.5. The zero-order valence-corrected chi connectivity index (χ0v) is 16.6. The smallest absolute Gasteiger partial charge is 0.335 e. The van der Waals surface area contributed by atoms with E-state index in [1.165, 1.54) is 50.6 Å². The number of amides is 1. The van der Waals surface area contributed by atoms with E-state index in [2.05, 4.69) is 15.2 Å². The minimum Gasteiger partial charge on any atom is -0.478 e. The topological polar surface area (TPSA) is 88.1 Å². The standard InChI is InChI=1S/C9H10FNO2.C7H5FO2.C2H7NO.ClH/c1-11(13-2)9(12)7-3-5-8(10)6-4-7;8-6-3-1-5(2-4-6)7(9)10;1-3-4-2;/h3-6H,1-2H3;1-4H,(H,9,10);3H,1-2H3;1H. The third-order valence-corrected chi connectivity index (χ3v) is 2.95. The number of carbonyl (C=O) groups is 2. The summed E-state index contributed by atoms with van der Waals surface area (Å²) in [6.07, 6.45) is 0. The van der Waals surface area contributed by atoms with Gasteiger partial charge in [-0.25, -0.2) is 24.1 Å². The molecule has 7 nitrogen and oxygen atoms in total. The lowest BCUT2D eigenvalue weighted by atomic mass is 10.2. The molecule has 2 N–H and O–H groups in total. The summed E-state index contributed by atoms with van der Waals surface area (Å²) in [5, 5.41) is 9.43. The zero-order chi connectivity index (χ0) is 20.8. The van der Waals surface area contributed by atoms with Crippen LogP contribution in [0.5, 0.6) is 0 Å². The number of hydrogen-bond donors (Lipinski definition) is 2. The lowest BCUT2D eigenvalue weighted by Gasteiger charge is -2.12. The van der Waals surface area contributed by atoms with Crippen LogP contribution in [0.15, 0.2) is 48.5 Å². The molecule has 0 heterocycles. The lowest BCUT2D eigenvalue weighted by Crippen LogP contribution is -2.25. The SMILES string of the molecule is CNOC.CON(C)C(=O)c1ccc(F)cc1.Cl.O=C(O)c1ccc(F)cc1. The molecule has 0 unspecified atom stereocenters. The van der Waals surface area contributed by atoms with Crippen molar-refractivity contribution in [1.82, 2.24) is 10.5 Å². The molecule has 0 spiro atoms. The Labute approximate surface area is 168 Å². The normalized spacial score (nSPS) is 8.93. The van der Waals surface area contributed by atoms with Crippen molar-refractivity contribution < 1.29 is 33.2 Å². The molecule has 0 aliphatic heterocycles. The third kappa shape index (κ3) is 11.2. The van der Waals surface area contributed by atoms with Gasteiger partial charge in [-0.2, -0.15) is 0 Å². The van der Waals surface area contributed by atoms with Crippen LogP contribution in [0.3, 0.4) is 0 Å². The van der Waals surface area contributed by atoms with E-state index in [1.807, 2.05) is 0 Å². The number of aromatic carboxylic acids is 1. The Kier molecular flexibility index (Phi) is 15.3. The fraction of sp³-hybridized carbons (Fsp3) is 0.222. The first-order chi connectivity index (χ1) is 12.8. The van der Waals surface area contributed by atoms with Crippen LogP contribution in [0.25, 0.3) is 0 Å². The van der Waals surface area contributed by atoms with Gasteiger partial charge < -0.3 is 9.94 Å². The number of halogens is 3.